The first-order chi connectivity index (χ1) is 13.1. The SMILES string of the molecule is N#CC(=Cc1ccc(-c2ccc(Cl)c(Cl)c2)o1)C(=O)NCc1ccccc1. The van der Waals surface area contributed by atoms with E-state index in [4.69, 9.17) is 27.6 Å². The highest BCUT2D eigenvalue weighted by atomic mass is 35.5. The van der Waals surface area contributed by atoms with Gasteiger partial charge in [-0.15, -0.1) is 0 Å². The minimum absolute atomic E-state index is 0.0408. The molecule has 3 rings (SSSR count). The Balaban J connectivity index is 1.74. The second-order valence-corrected chi connectivity index (χ2v) is 6.48. The van der Waals surface area contributed by atoms with Gasteiger partial charge in [-0.05, 0) is 35.9 Å². The molecule has 6 heteroatoms. The van der Waals surface area contributed by atoms with Gasteiger partial charge < -0.3 is 9.73 Å². The van der Waals surface area contributed by atoms with Gasteiger partial charge in [-0.3, -0.25) is 4.79 Å². The molecule has 0 unspecified atom stereocenters. The largest absolute Gasteiger partial charge is 0.457 e. The third-order valence-corrected chi connectivity index (χ3v) is 4.52. The minimum Gasteiger partial charge on any atom is -0.457 e. The zero-order valence-corrected chi connectivity index (χ0v) is 15.6. The average Bonchev–Trinajstić information content (AvgIpc) is 3.16. The van der Waals surface area contributed by atoms with Gasteiger partial charge in [0, 0.05) is 18.2 Å². The summed E-state index contributed by atoms with van der Waals surface area (Å²) in [7, 11) is 0. The summed E-state index contributed by atoms with van der Waals surface area (Å²) in [5.74, 6) is 0.484. The number of nitriles is 1. The number of benzene rings is 2. The van der Waals surface area contributed by atoms with Crippen LogP contribution in [0.3, 0.4) is 0 Å². The lowest BCUT2D eigenvalue weighted by atomic mass is 10.2. The fourth-order valence-electron chi connectivity index (χ4n) is 2.40. The lowest BCUT2D eigenvalue weighted by Crippen LogP contribution is -2.23. The maximum atomic E-state index is 12.2. The van der Waals surface area contributed by atoms with Crippen molar-refractivity contribution >= 4 is 35.2 Å². The van der Waals surface area contributed by atoms with Gasteiger partial charge in [0.2, 0.25) is 0 Å². The maximum absolute atomic E-state index is 12.2. The van der Waals surface area contributed by atoms with Gasteiger partial charge in [-0.1, -0.05) is 53.5 Å². The third kappa shape index (κ3) is 4.79. The number of halogens is 2. The van der Waals surface area contributed by atoms with Crippen LogP contribution in [-0.2, 0) is 11.3 Å². The second kappa shape index (κ2) is 8.59. The van der Waals surface area contributed by atoms with E-state index in [2.05, 4.69) is 5.32 Å². The second-order valence-electron chi connectivity index (χ2n) is 5.67. The Bertz CT molecular complexity index is 1030. The molecule has 27 heavy (non-hydrogen) atoms. The van der Waals surface area contributed by atoms with E-state index < -0.39 is 5.91 Å². The molecular weight excluding hydrogens is 383 g/mol. The summed E-state index contributed by atoms with van der Waals surface area (Å²) >= 11 is 11.9. The fourth-order valence-corrected chi connectivity index (χ4v) is 2.70. The van der Waals surface area contributed by atoms with Crippen LogP contribution in [0, 0.1) is 11.3 Å². The predicted octanol–water partition coefficient (Wildman–Crippen LogP) is 5.48. The zero-order valence-electron chi connectivity index (χ0n) is 14.1. The average molecular weight is 397 g/mol. The molecule has 0 saturated carbocycles. The molecule has 4 nitrogen and oxygen atoms in total. The van der Waals surface area contributed by atoms with Gasteiger partial charge in [-0.25, -0.2) is 0 Å². The summed E-state index contributed by atoms with van der Waals surface area (Å²) in [6, 6.07) is 19.9. The summed E-state index contributed by atoms with van der Waals surface area (Å²) < 4.78 is 5.70. The van der Waals surface area contributed by atoms with E-state index in [-0.39, 0.29) is 5.57 Å². The van der Waals surface area contributed by atoms with Crippen molar-refractivity contribution in [3.05, 3.63) is 87.6 Å². The number of carbonyl (C=O) groups is 1. The molecule has 0 aliphatic heterocycles. The van der Waals surface area contributed by atoms with E-state index in [0.717, 1.165) is 11.1 Å². The Morgan fingerprint density at radius 2 is 1.85 bits per heavy atom. The van der Waals surface area contributed by atoms with E-state index in [1.807, 2.05) is 36.4 Å². The molecule has 0 saturated heterocycles. The first kappa shape index (κ1) is 18.8. The summed E-state index contributed by atoms with van der Waals surface area (Å²) in [6.07, 6.45) is 1.40. The van der Waals surface area contributed by atoms with Crippen LogP contribution in [0.2, 0.25) is 10.0 Å². The molecule has 0 aliphatic rings. The van der Waals surface area contributed by atoms with E-state index >= 15 is 0 Å². The Kier molecular flexibility index (Phi) is 5.97. The Morgan fingerprint density at radius 3 is 2.56 bits per heavy atom. The molecule has 2 aromatic carbocycles. The van der Waals surface area contributed by atoms with Crippen molar-refractivity contribution < 1.29 is 9.21 Å². The number of carbonyl (C=O) groups excluding carboxylic acids is 1. The van der Waals surface area contributed by atoms with Crippen LogP contribution in [0.5, 0.6) is 0 Å². The molecule has 1 amide bonds. The van der Waals surface area contributed by atoms with Crippen molar-refractivity contribution in [2.24, 2.45) is 0 Å². The zero-order chi connectivity index (χ0) is 19.2. The fraction of sp³-hybridized carbons (Fsp3) is 0.0476. The minimum atomic E-state index is -0.464. The van der Waals surface area contributed by atoms with Gasteiger partial charge in [0.1, 0.15) is 23.2 Å². The van der Waals surface area contributed by atoms with Crippen molar-refractivity contribution in [3.63, 3.8) is 0 Å². The van der Waals surface area contributed by atoms with Crippen molar-refractivity contribution in [1.29, 1.82) is 5.26 Å². The van der Waals surface area contributed by atoms with Crippen LogP contribution in [0.4, 0.5) is 0 Å². The number of hydrogen-bond acceptors (Lipinski definition) is 3. The molecule has 0 spiro atoms. The number of furan rings is 1. The number of amides is 1. The van der Waals surface area contributed by atoms with Crippen molar-refractivity contribution in [3.8, 4) is 17.4 Å². The van der Waals surface area contributed by atoms with Crippen LogP contribution >= 0.6 is 23.2 Å². The summed E-state index contributed by atoms with van der Waals surface area (Å²) in [4.78, 5) is 12.2. The predicted molar refractivity (Wildman–Crippen MR) is 106 cm³/mol. The Morgan fingerprint density at radius 1 is 1.07 bits per heavy atom. The van der Waals surface area contributed by atoms with Gasteiger partial charge in [-0.2, -0.15) is 5.26 Å². The highest BCUT2D eigenvalue weighted by molar-refractivity contribution is 6.42. The molecule has 0 atom stereocenters. The molecule has 3 aromatic rings. The first-order valence-electron chi connectivity index (χ1n) is 8.06. The van der Waals surface area contributed by atoms with E-state index in [0.29, 0.717) is 28.1 Å². The number of nitrogens with zero attached hydrogens (tertiary/aromatic N) is 1. The van der Waals surface area contributed by atoms with Gasteiger partial charge >= 0.3 is 0 Å². The summed E-state index contributed by atoms with van der Waals surface area (Å²) in [5.41, 5.74) is 1.65. The quantitative estimate of drug-likeness (QED) is 0.458. The molecule has 1 aromatic heterocycles. The van der Waals surface area contributed by atoms with E-state index in [1.54, 1.807) is 30.3 Å². The monoisotopic (exact) mass is 396 g/mol. The topological polar surface area (TPSA) is 66.0 Å². The Hall–Kier alpha value is -3.00. The molecular formula is C21H14Cl2N2O2. The standard InChI is InChI=1S/C21H14Cl2N2O2/c22-18-8-6-15(11-19(18)23)20-9-7-17(27-20)10-16(12-24)21(26)25-13-14-4-2-1-3-5-14/h1-11H,13H2,(H,25,26). The molecule has 1 heterocycles. The highest BCUT2D eigenvalue weighted by Crippen LogP contribution is 2.30. The molecule has 1 N–H and O–H groups in total. The molecule has 0 bridgehead atoms. The molecule has 0 fully saturated rings. The molecule has 0 radical (unpaired) electrons. The van der Waals surface area contributed by atoms with Crippen molar-refractivity contribution in [2.45, 2.75) is 6.54 Å². The van der Waals surface area contributed by atoms with Crippen LogP contribution in [0.15, 0.2) is 70.7 Å². The van der Waals surface area contributed by atoms with E-state index in [1.165, 1.54) is 6.08 Å². The highest BCUT2D eigenvalue weighted by Gasteiger charge is 2.11. The number of nitrogens with one attached hydrogen (secondary N) is 1. The van der Waals surface area contributed by atoms with Crippen molar-refractivity contribution in [2.75, 3.05) is 0 Å². The summed E-state index contributed by atoms with van der Waals surface area (Å²) in [6.45, 7) is 0.339. The lowest BCUT2D eigenvalue weighted by Gasteiger charge is -2.04. The molecule has 0 aliphatic carbocycles. The van der Waals surface area contributed by atoms with Gasteiger partial charge in [0.25, 0.3) is 5.91 Å². The maximum Gasteiger partial charge on any atom is 0.262 e. The Labute approximate surface area is 166 Å². The number of rotatable bonds is 5. The third-order valence-electron chi connectivity index (χ3n) is 3.78. The van der Waals surface area contributed by atoms with Crippen LogP contribution in [0.25, 0.3) is 17.4 Å². The van der Waals surface area contributed by atoms with Crippen molar-refractivity contribution in [1.82, 2.24) is 5.32 Å². The van der Waals surface area contributed by atoms with Crippen LogP contribution < -0.4 is 5.32 Å². The molecule has 134 valence electrons. The smallest absolute Gasteiger partial charge is 0.262 e. The normalized spacial score (nSPS) is 11.1. The number of hydrogen-bond donors (Lipinski definition) is 1. The van der Waals surface area contributed by atoms with Gasteiger partial charge in [0.05, 0.1) is 10.0 Å². The van der Waals surface area contributed by atoms with E-state index in [9.17, 15) is 10.1 Å². The van der Waals surface area contributed by atoms with Crippen LogP contribution in [0.1, 0.15) is 11.3 Å². The van der Waals surface area contributed by atoms with Crippen LogP contribution in [-0.4, -0.2) is 5.91 Å². The first-order valence-corrected chi connectivity index (χ1v) is 8.81. The van der Waals surface area contributed by atoms with Gasteiger partial charge in [0.15, 0.2) is 0 Å². The summed E-state index contributed by atoms with van der Waals surface area (Å²) in [5, 5.41) is 12.9. The lowest BCUT2D eigenvalue weighted by molar-refractivity contribution is -0.117.